The standard InChI is InChI=1S/C44H20N4O6S2/c49-37-21-9-3-1-7-19(21)35-31-25(37)13-15-27(41(31)55-47-35)43(53)45-29-17-18-30(34-33(29)39(51)23-11-5-6-12-24(23)40(34)52)46-44(54)28-16-14-26-32-36(48-56-42(28)32)20-8-2-4-10-22(20)38(26)50/h1-18H,(H,45,53)(H,46,54). The lowest BCUT2D eigenvalue weighted by Crippen LogP contribution is -2.26. The fourth-order valence-electron chi connectivity index (χ4n) is 8.08. The number of benzene rings is 6. The van der Waals surface area contributed by atoms with Crippen LogP contribution >= 0.6 is 23.1 Å². The lowest BCUT2D eigenvalue weighted by Gasteiger charge is -2.23. The van der Waals surface area contributed by atoms with Gasteiger partial charge in [-0.25, -0.2) is 0 Å². The van der Waals surface area contributed by atoms with Crippen LogP contribution in [0.2, 0.25) is 0 Å². The van der Waals surface area contributed by atoms with Crippen molar-refractivity contribution in [2.45, 2.75) is 0 Å². The Morgan fingerprint density at radius 1 is 0.411 bits per heavy atom. The van der Waals surface area contributed by atoms with Crippen molar-refractivity contribution in [3.8, 4) is 22.5 Å². The number of fused-ring (bicyclic) bond motifs is 6. The van der Waals surface area contributed by atoms with E-state index in [1.54, 1.807) is 72.8 Å². The average Bonchev–Trinajstić information content (AvgIpc) is 3.88. The fourth-order valence-corrected chi connectivity index (χ4v) is 9.94. The van der Waals surface area contributed by atoms with Gasteiger partial charge >= 0.3 is 0 Å². The summed E-state index contributed by atoms with van der Waals surface area (Å²) in [6.45, 7) is 0. The molecule has 0 aliphatic heterocycles. The van der Waals surface area contributed by atoms with Crippen molar-refractivity contribution >= 4 is 89.6 Å². The molecule has 12 heteroatoms. The van der Waals surface area contributed by atoms with Gasteiger partial charge in [-0.1, -0.05) is 72.8 Å². The molecule has 0 bridgehead atoms. The molecule has 0 radical (unpaired) electrons. The maximum atomic E-state index is 14.2. The van der Waals surface area contributed by atoms with Gasteiger partial charge < -0.3 is 10.6 Å². The molecule has 2 amide bonds. The highest BCUT2D eigenvalue weighted by atomic mass is 32.1. The van der Waals surface area contributed by atoms with Crippen molar-refractivity contribution in [1.29, 1.82) is 0 Å². The average molecular weight is 765 g/mol. The molecule has 2 aromatic heterocycles. The van der Waals surface area contributed by atoms with Gasteiger partial charge in [0.25, 0.3) is 11.8 Å². The van der Waals surface area contributed by atoms with Gasteiger partial charge in [-0.3, -0.25) is 28.8 Å². The van der Waals surface area contributed by atoms with Gasteiger partial charge in [0, 0.05) is 55.3 Å². The van der Waals surface area contributed by atoms with Gasteiger partial charge in [-0.15, -0.1) is 0 Å². The van der Waals surface area contributed by atoms with Crippen LogP contribution in [0.3, 0.4) is 0 Å². The van der Waals surface area contributed by atoms with Crippen LogP contribution in [-0.2, 0) is 0 Å². The minimum Gasteiger partial charge on any atom is -0.321 e. The largest absolute Gasteiger partial charge is 0.321 e. The normalized spacial score (nSPS) is 13.3. The van der Waals surface area contributed by atoms with Gasteiger partial charge in [0.2, 0.25) is 0 Å². The topological polar surface area (TPSA) is 152 Å². The molecule has 10 nitrogen and oxygen atoms in total. The van der Waals surface area contributed by atoms with E-state index in [0.29, 0.717) is 64.9 Å². The number of amides is 2. The second-order valence-corrected chi connectivity index (χ2v) is 15.1. The Balaban J connectivity index is 0.995. The van der Waals surface area contributed by atoms with Crippen molar-refractivity contribution in [3.63, 3.8) is 0 Å². The molecule has 8 aromatic rings. The second-order valence-electron chi connectivity index (χ2n) is 13.6. The summed E-state index contributed by atoms with van der Waals surface area (Å²) < 4.78 is 10.3. The molecule has 0 spiro atoms. The van der Waals surface area contributed by atoms with Crippen molar-refractivity contribution in [1.82, 2.24) is 8.75 Å². The summed E-state index contributed by atoms with van der Waals surface area (Å²) in [5, 5.41) is 6.88. The van der Waals surface area contributed by atoms with E-state index in [2.05, 4.69) is 19.4 Å². The predicted molar refractivity (Wildman–Crippen MR) is 213 cm³/mol. The van der Waals surface area contributed by atoms with Crippen molar-refractivity contribution in [2.24, 2.45) is 0 Å². The van der Waals surface area contributed by atoms with Crippen LogP contribution in [0.4, 0.5) is 11.4 Å². The first-order valence-electron chi connectivity index (χ1n) is 17.4. The minimum absolute atomic E-state index is 0.0693. The van der Waals surface area contributed by atoms with E-state index in [0.717, 1.165) is 23.1 Å². The highest BCUT2D eigenvalue weighted by Gasteiger charge is 2.36. The van der Waals surface area contributed by atoms with E-state index in [1.807, 2.05) is 24.3 Å². The van der Waals surface area contributed by atoms with Gasteiger partial charge in [0.15, 0.2) is 23.1 Å². The lowest BCUT2D eigenvalue weighted by atomic mass is 9.82. The summed E-state index contributed by atoms with van der Waals surface area (Å²) in [6.07, 6.45) is 0. The molecule has 11 rings (SSSR count). The molecule has 56 heavy (non-hydrogen) atoms. The zero-order valence-electron chi connectivity index (χ0n) is 28.6. The van der Waals surface area contributed by atoms with Crippen molar-refractivity contribution in [3.05, 3.63) is 165 Å². The first kappa shape index (κ1) is 32.2. The number of hydrogen-bond acceptors (Lipinski definition) is 10. The first-order chi connectivity index (χ1) is 27.3. The van der Waals surface area contributed by atoms with Gasteiger partial charge in [-0.2, -0.15) is 8.75 Å². The quantitative estimate of drug-likeness (QED) is 0.181. The maximum absolute atomic E-state index is 14.2. The van der Waals surface area contributed by atoms with E-state index in [1.165, 1.54) is 12.1 Å². The SMILES string of the molecule is O=C1c2ccccc2C(=O)c2c(NC(=O)c3ccc4c5c(nsc35)-c3ccccc3C4=O)ccc(NC(=O)c3ccc4c5c(nsc35)-c3ccccc3C4=O)c21. The molecular weight excluding hydrogens is 745 g/mol. The third kappa shape index (κ3) is 4.30. The van der Waals surface area contributed by atoms with Crippen molar-refractivity contribution < 1.29 is 28.8 Å². The number of aromatic nitrogens is 2. The highest BCUT2D eigenvalue weighted by molar-refractivity contribution is 7.14. The zero-order valence-corrected chi connectivity index (χ0v) is 30.2. The summed E-state index contributed by atoms with van der Waals surface area (Å²) in [7, 11) is 0. The third-order valence-corrected chi connectivity index (χ3v) is 12.4. The molecule has 0 saturated carbocycles. The van der Waals surface area contributed by atoms with Gasteiger partial charge in [-0.05, 0) is 59.5 Å². The number of carbonyl (C=O) groups excluding carboxylic acids is 6. The highest BCUT2D eigenvalue weighted by Crippen LogP contribution is 2.44. The summed E-state index contributed by atoms with van der Waals surface area (Å²) in [4.78, 5) is 83.5. The predicted octanol–water partition coefficient (Wildman–Crippen LogP) is 8.61. The first-order valence-corrected chi connectivity index (χ1v) is 19.0. The Morgan fingerprint density at radius 3 is 1.16 bits per heavy atom. The van der Waals surface area contributed by atoms with E-state index in [-0.39, 0.29) is 56.3 Å². The Bertz CT molecular complexity index is 3020. The number of hydrogen-bond donors (Lipinski definition) is 2. The van der Waals surface area contributed by atoms with Crippen molar-refractivity contribution in [2.75, 3.05) is 10.6 Å². The van der Waals surface area contributed by atoms with E-state index in [4.69, 9.17) is 0 Å². The van der Waals surface area contributed by atoms with Crippen LogP contribution in [-0.4, -0.2) is 43.7 Å². The summed E-state index contributed by atoms with van der Waals surface area (Å²) in [5.41, 5.74) is 5.42. The minimum atomic E-state index is -0.572. The van der Waals surface area contributed by atoms with Gasteiger partial charge in [0.1, 0.15) is 0 Å². The maximum Gasteiger partial charge on any atom is 0.257 e. The van der Waals surface area contributed by atoms with E-state index >= 15 is 0 Å². The van der Waals surface area contributed by atoms with Crippen LogP contribution in [0.15, 0.2) is 109 Å². The number of nitrogens with one attached hydrogen (secondary N) is 2. The second kappa shape index (κ2) is 11.6. The monoisotopic (exact) mass is 764 g/mol. The molecule has 0 fully saturated rings. The molecular formula is C44H20N4O6S2. The van der Waals surface area contributed by atoms with Crippen LogP contribution in [0.5, 0.6) is 0 Å². The number of anilines is 2. The van der Waals surface area contributed by atoms with Crippen LogP contribution in [0, 0.1) is 0 Å². The molecule has 2 N–H and O–H groups in total. The molecule has 2 heterocycles. The van der Waals surface area contributed by atoms with Crippen LogP contribution in [0.1, 0.15) is 84.4 Å². The number of carbonyl (C=O) groups is 6. The van der Waals surface area contributed by atoms with E-state index < -0.39 is 23.4 Å². The molecule has 3 aliphatic rings. The van der Waals surface area contributed by atoms with E-state index in [9.17, 15) is 28.8 Å². The lowest BCUT2D eigenvalue weighted by molar-refractivity contribution is 0.0978. The Labute approximate surface area is 323 Å². The third-order valence-electron chi connectivity index (χ3n) is 10.6. The van der Waals surface area contributed by atoms with Crippen LogP contribution < -0.4 is 10.6 Å². The van der Waals surface area contributed by atoms with Crippen LogP contribution in [0.25, 0.3) is 42.7 Å². The van der Waals surface area contributed by atoms with Gasteiger partial charge in [0.05, 0.1) is 54.4 Å². The number of nitrogens with zero attached hydrogens (tertiary/aromatic N) is 2. The summed E-state index contributed by atoms with van der Waals surface area (Å²) in [6, 6.07) is 30.1. The Kier molecular flexibility index (Phi) is 6.67. The molecule has 0 atom stereocenters. The smallest absolute Gasteiger partial charge is 0.257 e. The number of rotatable bonds is 4. The Hall–Kier alpha value is -7.28. The number of ketones is 4. The molecule has 0 unspecified atom stereocenters. The summed E-state index contributed by atoms with van der Waals surface area (Å²) >= 11 is 2.20. The zero-order chi connectivity index (χ0) is 38.0. The molecule has 264 valence electrons. The fraction of sp³-hybridized carbons (Fsp3) is 0. The summed E-state index contributed by atoms with van der Waals surface area (Å²) in [5.74, 6) is -2.47. The molecule has 6 aromatic carbocycles. The molecule has 3 aliphatic carbocycles. The molecule has 0 saturated heterocycles. The Morgan fingerprint density at radius 2 is 0.768 bits per heavy atom.